The summed E-state index contributed by atoms with van der Waals surface area (Å²) in [6.07, 6.45) is 1.34. The topological polar surface area (TPSA) is 66.4 Å². The van der Waals surface area contributed by atoms with Gasteiger partial charge in [0, 0.05) is 6.54 Å². The van der Waals surface area contributed by atoms with Gasteiger partial charge in [-0.2, -0.15) is 8.78 Å². The van der Waals surface area contributed by atoms with Crippen molar-refractivity contribution in [2.45, 2.75) is 31.1 Å². The predicted molar refractivity (Wildman–Crippen MR) is 46.3 cm³/mol. The number of hydrogen-bond donors (Lipinski definition) is 2. The monoisotopic (exact) mass is 229 g/mol. The zero-order valence-corrected chi connectivity index (χ0v) is 8.30. The highest BCUT2D eigenvalue weighted by Crippen LogP contribution is 2.24. The molecule has 1 aliphatic carbocycles. The van der Waals surface area contributed by atoms with E-state index in [1.54, 1.807) is 0 Å². The molecule has 2 unspecified atom stereocenters. The summed E-state index contributed by atoms with van der Waals surface area (Å²) in [6, 6.07) is 0. The summed E-state index contributed by atoms with van der Waals surface area (Å²) in [5.74, 6) is -3.41. The maximum Gasteiger partial charge on any atom is 0.350 e. The van der Waals surface area contributed by atoms with Crippen LogP contribution in [0.5, 0.6) is 0 Å². The first-order valence-electron chi connectivity index (χ1n) is 4.36. The number of nitrogens with one attached hydrogen (secondary N) is 1. The van der Waals surface area contributed by atoms with E-state index in [9.17, 15) is 17.2 Å². The van der Waals surface area contributed by atoms with E-state index in [0.29, 0.717) is 19.3 Å². The lowest BCUT2D eigenvalue weighted by Gasteiger charge is -2.10. The number of aliphatic hydroxyl groups is 1. The fraction of sp³-hybridized carbons (Fsp3) is 1.00. The maximum atomic E-state index is 11.9. The number of halogens is 2. The Hall–Kier alpha value is -0.270. The normalized spacial score (nSPS) is 28.6. The van der Waals surface area contributed by atoms with Gasteiger partial charge in [-0.1, -0.05) is 0 Å². The van der Waals surface area contributed by atoms with Crippen LogP contribution < -0.4 is 4.72 Å². The van der Waals surface area contributed by atoms with E-state index in [1.807, 2.05) is 4.72 Å². The van der Waals surface area contributed by atoms with Crippen LogP contribution in [0.4, 0.5) is 8.78 Å². The van der Waals surface area contributed by atoms with Crippen molar-refractivity contribution in [3.05, 3.63) is 0 Å². The van der Waals surface area contributed by atoms with Crippen LogP contribution in [0, 0.1) is 5.92 Å². The first kappa shape index (κ1) is 11.8. The van der Waals surface area contributed by atoms with Gasteiger partial charge in [-0.25, -0.2) is 13.1 Å². The molecule has 0 bridgehead atoms. The molecule has 0 amide bonds. The van der Waals surface area contributed by atoms with Gasteiger partial charge in [0.25, 0.3) is 10.0 Å². The molecule has 2 atom stereocenters. The van der Waals surface area contributed by atoms with Gasteiger partial charge >= 0.3 is 5.76 Å². The Morgan fingerprint density at radius 1 is 1.43 bits per heavy atom. The minimum absolute atomic E-state index is 0.0102. The second-order valence-electron chi connectivity index (χ2n) is 3.49. The Morgan fingerprint density at radius 2 is 2.07 bits per heavy atom. The highest BCUT2D eigenvalue weighted by Gasteiger charge is 2.27. The average Bonchev–Trinajstić information content (AvgIpc) is 2.48. The molecule has 2 N–H and O–H groups in total. The van der Waals surface area contributed by atoms with Crippen LogP contribution in [-0.2, 0) is 10.0 Å². The molecule has 1 fully saturated rings. The van der Waals surface area contributed by atoms with Gasteiger partial charge < -0.3 is 5.11 Å². The van der Waals surface area contributed by atoms with Crippen molar-refractivity contribution in [3.63, 3.8) is 0 Å². The molecule has 1 rings (SSSR count). The van der Waals surface area contributed by atoms with Crippen molar-refractivity contribution in [1.29, 1.82) is 0 Å². The molecule has 0 radical (unpaired) electrons. The Bertz CT molecular complexity index is 281. The molecule has 0 heterocycles. The Labute approximate surface area is 81.4 Å². The van der Waals surface area contributed by atoms with E-state index in [-0.39, 0.29) is 12.5 Å². The van der Waals surface area contributed by atoms with Gasteiger partial charge in [-0.3, -0.25) is 0 Å². The van der Waals surface area contributed by atoms with Gasteiger partial charge in [0.1, 0.15) is 0 Å². The van der Waals surface area contributed by atoms with E-state index < -0.39 is 21.9 Å². The number of sulfonamides is 1. The third kappa shape index (κ3) is 3.14. The number of rotatable bonds is 4. The van der Waals surface area contributed by atoms with Gasteiger partial charge in [-0.05, 0) is 25.2 Å². The summed E-state index contributed by atoms with van der Waals surface area (Å²) in [5.41, 5.74) is 0. The van der Waals surface area contributed by atoms with E-state index in [0.717, 1.165) is 0 Å². The minimum Gasteiger partial charge on any atom is -0.393 e. The summed E-state index contributed by atoms with van der Waals surface area (Å²) < 4.78 is 46.8. The van der Waals surface area contributed by atoms with Crippen molar-refractivity contribution in [1.82, 2.24) is 4.72 Å². The number of hydrogen-bond acceptors (Lipinski definition) is 3. The van der Waals surface area contributed by atoms with Gasteiger partial charge in [0.05, 0.1) is 6.10 Å². The summed E-state index contributed by atoms with van der Waals surface area (Å²) in [7, 11) is -4.47. The van der Waals surface area contributed by atoms with Crippen LogP contribution in [-0.4, -0.2) is 31.9 Å². The fourth-order valence-electron chi connectivity index (χ4n) is 1.53. The zero-order chi connectivity index (χ0) is 10.8. The van der Waals surface area contributed by atoms with Crippen LogP contribution in [0.2, 0.25) is 0 Å². The first-order chi connectivity index (χ1) is 6.42. The standard InChI is InChI=1S/C7H13F2NO3S/c8-7(9)14(12,13)10-4-5-1-2-6(11)3-5/h5-7,10-11H,1-4H2. The minimum atomic E-state index is -4.47. The average molecular weight is 229 g/mol. The van der Waals surface area contributed by atoms with E-state index in [2.05, 4.69) is 0 Å². The van der Waals surface area contributed by atoms with Crippen LogP contribution in [0.3, 0.4) is 0 Å². The molecule has 0 aromatic carbocycles. The lowest BCUT2D eigenvalue weighted by Crippen LogP contribution is -2.33. The summed E-state index contributed by atoms with van der Waals surface area (Å²) in [4.78, 5) is 0. The molecular formula is C7H13F2NO3S. The quantitative estimate of drug-likeness (QED) is 0.728. The Balaban J connectivity index is 2.34. The van der Waals surface area contributed by atoms with Crippen LogP contribution in [0.15, 0.2) is 0 Å². The van der Waals surface area contributed by atoms with Crippen LogP contribution in [0.25, 0.3) is 0 Å². The van der Waals surface area contributed by atoms with Gasteiger partial charge in [0.15, 0.2) is 0 Å². The summed E-state index contributed by atoms with van der Waals surface area (Å²) >= 11 is 0. The smallest absolute Gasteiger partial charge is 0.350 e. The lowest BCUT2D eigenvalue weighted by atomic mass is 10.1. The Morgan fingerprint density at radius 3 is 2.50 bits per heavy atom. The molecule has 0 aliphatic heterocycles. The SMILES string of the molecule is O=S(=O)(NCC1CCC(O)C1)C(F)F. The molecule has 14 heavy (non-hydrogen) atoms. The van der Waals surface area contributed by atoms with Crippen molar-refractivity contribution in [3.8, 4) is 0 Å². The van der Waals surface area contributed by atoms with Gasteiger partial charge in [0.2, 0.25) is 0 Å². The molecule has 4 nitrogen and oxygen atoms in total. The predicted octanol–water partition coefficient (Wildman–Crippen LogP) is 0.289. The van der Waals surface area contributed by atoms with Gasteiger partial charge in [-0.15, -0.1) is 0 Å². The third-order valence-corrected chi connectivity index (χ3v) is 3.36. The highest BCUT2D eigenvalue weighted by atomic mass is 32.2. The van der Waals surface area contributed by atoms with Crippen LogP contribution in [0.1, 0.15) is 19.3 Å². The second-order valence-corrected chi connectivity index (χ2v) is 5.22. The fourth-order valence-corrected chi connectivity index (χ4v) is 2.12. The highest BCUT2D eigenvalue weighted by molar-refractivity contribution is 7.89. The maximum absolute atomic E-state index is 11.9. The summed E-state index contributed by atoms with van der Waals surface area (Å²) in [5, 5.41) is 9.11. The molecule has 1 aliphatic rings. The van der Waals surface area contributed by atoms with Crippen molar-refractivity contribution in [2.75, 3.05) is 6.54 Å². The molecule has 84 valence electrons. The molecule has 7 heteroatoms. The molecule has 0 saturated heterocycles. The molecular weight excluding hydrogens is 216 g/mol. The van der Waals surface area contributed by atoms with Crippen molar-refractivity contribution in [2.24, 2.45) is 5.92 Å². The Kier molecular flexibility index (Phi) is 3.79. The third-order valence-electron chi connectivity index (χ3n) is 2.32. The summed E-state index contributed by atoms with van der Waals surface area (Å²) in [6.45, 7) is -0.0102. The molecule has 0 aromatic heterocycles. The molecule has 0 aromatic rings. The van der Waals surface area contributed by atoms with E-state index in [4.69, 9.17) is 5.11 Å². The molecule has 1 saturated carbocycles. The van der Waals surface area contributed by atoms with Crippen molar-refractivity contribution >= 4 is 10.0 Å². The molecule has 0 spiro atoms. The largest absolute Gasteiger partial charge is 0.393 e. The van der Waals surface area contributed by atoms with E-state index in [1.165, 1.54) is 0 Å². The van der Waals surface area contributed by atoms with E-state index >= 15 is 0 Å². The second kappa shape index (κ2) is 4.50. The van der Waals surface area contributed by atoms with Crippen molar-refractivity contribution < 1.29 is 22.3 Å². The van der Waals surface area contributed by atoms with Crippen LogP contribution >= 0.6 is 0 Å². The lowest BCUT2D eigenvalue weighted by molar-refractivity contribution is 0.177. The number of alkyl halides is 2. The number of aliphatic hydroxyl groups excluding tert-OH is 1. The zero-order valence-electron chi connectivity index (χ0n) is 7.49. The first-order valence-corrected chi connectivity index (χ1v) is 5.91.